The highest BCUT2D eigenvalue weighted by Crippen LogP contribution is 2.37. The number of benzene rings is 1. The number of carbonyl (C=O) groups excluding carboxylic acids is 1. The SMILES string of the molecule is [C-]#[N+]/C(=C\c1ccc(-c2ccc(N(C)CCO)s2)s1)C(=O)NCc1ccc(COc2nc(N)nc3nc[nH]c23)cc1. The van der Waals surface area contributed by atoms with Gasteiger partial charge in [0.1, 0.15) is 12.1 Å². The van der Waals surface area contributed by atoms with Crippen LogP contribution in [-0.2, 0) is 17.9 Å². The van der Waals surface area contributed by atoms with Crippen molar-refractivity contribution in [2.75, 3.05) is 30.8 Å². The molecule has 0 bridgehead atoms. The number of ether oxygens (including phenoxy) is 1. The fourth-order valence-corrected chi connectivity index (χ4v) is 5.91. The lowest BCUT2D eigenvalue weighted by Gasteiger charge is -2.14. The van der Waals surface area contributed by atoms with Crippen LogP contribution in [-0.4, -0.2) is 51.1 Å². The average Bonchev–Trinajstić information content (AvgIpc) is 3.75. The summed E-state index contributed by atoms with van der Waals surface area (Å²) in [6, 6.07) is 15.5. The van der Waals surface area contributed by atoms with Gasteiger partial charge in [0.2, 0.25) is 11.8 Å². The summed E-state index contributed by atoms with van der Waals surface area (Å²) in [6.45, 7) is 8.72. The van der Waals surface area contributed by atoms with Crippen LogP contribution in [0.4, 0.5) is 10.9 Å². The number of nitrogens with two attached hydrogens (primary N) is 1. The molecule has 0 aliphatic heterocycles. The quantitative estimate of drug-likeness (QED) is 0.132. The first-order valence-corrected chi connectivity index (χ1v) is 14.1. The van der Waals surface area contributed by atoms with E-state index in [1.165, 1.54) is 17.7 Å². The largest absolute Gasteiger partial charge is 0.471 e. The van der Waals surface area contributed by atoms with E-state index in [9.17, 15) is 4.79 Å². The molecule has 0 atom stereocenters. The molecule has 11 nitrogen and oxygen atoms in total. The van der Waals surface area contributed by atoms with E-state index >= 15 is 0 Å². The number of nitrogens with one attached hydrogen (secondary N) is 2. The zero-order valence-corrected chi connectivity index (χ0v) is 23.6. The lowest BCUT2D eigenvalue weighted by atomic mass is 10.1. The summed E-state index contributed by atoms with van der Waals surface area (Å²) >= 11 is 3.15. The molecule has 1 aromatic carbocycles. The van der Waals surface area contributed by atoms with Crippen molar-refractivity contribution in [1.29, 1.82) is 0 Å². The van der Waals surface area contributed by atoms with Crippen LogP contribution in [0, 0.1) is 6.57 Å². The number of aromatic nitrogens is 4. The van der Waals surface area contributed by atoms with Gasteiger partial charge >= 0.3 is 0 Å². The Balaban J connectivity index is 1.16. The molecular formula is C28H26N8O3S2. The Morgan fingerprint density at radius 1 is 1.15 bits per heavy atom. The van der Waals surface area contributed by atoms with Crippen LogP contribution >= 0.6 is 22.7 Å². The van der Waals surface area contributed by atoms with E-state index in [-0.39, 0.29) is 31.4 Å². The Morgan fingerprint density at radius 3 is 2.68 bits per heavy atom. The Bertz CT molecular complexity index is 1730. The molecule has 5 rings (SSSR count). The van der Waals surface area contributed by atoms with Crippen LogP contribution in [0.1, 0.15) is 16.0 Å². The summed E-state index contributed by atoms with van der Waals surface area (Å²) in [5, 5.41) is 13.0. The lowest BCUT2D eigenvalue weighted by Crippen LogP contribution is -2.23. The number of H-pyrrole nitrogens is 1. The van der Waals surface area contributed by atoms with Gasteiger partial charge < -0.3 is 30.8 Å². The maximum absolute atomic E-state index is 12.7. The van der Waals surface area contributed by atoms with Crippen molar-refractivity contribution in [2.45, 2.75) is 13.2 Å². The monoisotopic (exact) mass is 586 g/mol. The number of hydrogen-bond donors (Lipinski definition) is 4. The molecule has 5 N–H and O–H groups in total. The van der Waals surface area contributed by atoms with E-state index in [0.717, 1.165) is 30.8 Å². The fourth-order valence-electron chi connectivity index (χ4n) is 3.88. The standard InChI is InChI=1S/C28H26N8O3S2/c1-30-20(13-19-7-8-21(40-19)22-9-10-23(41-22)36(2)11-12-37)26(38)31-14-17-3-5-18(6-4-17)15-39-27-24-25(33-16-32-24)34-28(29)35-27/h3-10,13,16,37H,11-12,14-15H2,2H3,(H,31,38)(H3,29,32,33,34,35)/b20-13-. The van der Waals surface area contributed by atoms with E-state index in [4.69, 9.17) is 22.1 Å². The third kappa shape index (κ3) is 6.69. The molecule has 0 unspecified atom stereocenters. The van der Waals surface area contributed by atoms with Crippen LogP contribution in [0.2, 0.25) is 0 Å². The topological polar surface area (TPSA) is 147 Å². The Morgan fingerprint density at radius 2 is 1.90 bits per heavy atom. The highest BCUT2D eigenvalue weighted by Gasteiger charge is 2.13. The number of aromatic amines is 1. The number of nitrogen functional groups attached to an aromatic ring is 1. The van der Waals surface area contributed by atoms with Crippen molar-refractivity contribution in [3.63, 3.8) is 0 Å². The first-order valence-electron chi connectivity index (χ1n) is 12.5. The molecule has 41 heavy (non-hydrogen) atoms. The fraction of sp³-hybridized carbons (Fsp3) is 0.179. The number of aliphatic hydroxyl groups excluding tert-OH is 1. The Kier molecular flexibility index (Phi) is 8.54. The Hall–Kier alpha value is -4.77. The highest BCUT2D eigenvalue weighted by molar-refractivity contribution is 7.24. The van der Waals surface area contributed by atoms with Crippen LogP contribution in [0.5, 0.6) is 5.88 Å². The molecule has 0 fully saturated rings. The number of thiophene rings is 2. The van der Waals surface area contributed by atoms with Crippen molar-refractivity contribution in [3.8, 4) is 15.6 Å². The van der Waals surface area contributed by atoms with E-state index in [1.807, 2.05) is 60.5 Å². The molecule has 4 aromatic heterocycles. The van der Waals surface area contributed by atoms with Crippen molar-refractivity contribution in [2.24, 2.45) is 0 Å². The maximum atomic E-state index is 12.7. The third-order valence-corrected chi connectivity index (χ3v) is 8.45. The lowest BCUT2D eigenvalue weighted by molar-refractivity contribution is -0.117. The molecule has 1 amide bonds. The second kappa shape index (κ2) is 12.6. The predicted octanol–water partition coefficient (Wildman–Crippen LogP) is 4.31. The van der Waals surface area contributed by atoms with Gasteiger partial charge in [0.25, 0.3) is 11.6 Å². The molecule has 13 heteroatoms. The molecule has 0 aliphatic carbocycles. The molecule has 0 spiro atoms. The number of fused-ring (bicyclic) bond motifs is 1. The third-order valence-electron chi connectivity index (χ3n) is 6.03. The van der Waals surface area contributed by atoms with Crippen molar-refractivity contribution in [1.82, 2.24) is 25.3 Å². The van der Waals surface area contributed by atoms with Crippen LogP contribution < -0.4 is 20.7 Å². The normalized spacial score (nSPS) is 11.4. The van der Waals surface area contributed by atoms with Crippen molar-refractivity contribution in [3.05, 3.63) is 88.0 Å². The summed E-state index contributed by atoms with van der Waals surface area (Å²) in [7, 11) is 1.94. The van der Waals surface area contributed by atoms with Crippen LogP contribution in [0.3, 0.4) is 0 Å². The van der Waals surface area contributed by atoms with Gasteiger partial charge in [0.15, 0.2) is 5.65 Å². The number of imidazole rings is 1. The first-order chi connectivity index (χ1) is 19.9. The summed E-state index contributed by atoms with van der Waals surface area (Å²) in [5.41, 5.74) is 8.54. The smallest absolute Gasteiger partial charge is 0.251 e. The number of nitrogens with zero attached hydrogens (tertiary/aromatic N) is 5. The number of carbonyl (C=O) groups is 1. The minimum absolute atomic E-state index is 0.0206. The first kappa shape index (κ1) is 27.8. The van der Waals surface area contributed by atoms with Gasteiger partial charge in [-0.3, -0.25) is 4.79 Å². The number of anilines is 2. The zero-order valence-electron chi connectivity index (χ0n) is 22.0. The van der Waals surface area contributed by atoms with Crippen LogP contribution in [0.25, 0.3) is 31.8 Å². The molecule has 208 valence electrons. The second-order valence-electron chi connectivity index (χ2n) is 8.90. The van der Waals surface area contributed by atoms with Crippen molar-refractivity contribution >= 4 is 56.8 Å². The minimum Gasteiger partial charge on any atom is -0.471 e. The van der Waals surface area contributed by atoms with Gasteiger partial charge in [-0.25, -0.2) is 9.83 Å². The maximum Gasteiger partial charge on any atom is 0.251 e. The number of hydrogen-bond acceptors (Lipinski definition) is 10. The molecule has 0 radical (unpaired) electrons. The molecule has 0 saturated carbocycles. The second-order valence-corrected chi connectivity index (χ2v) is 11.1. The number of likely N-dealkylation sites (N-methyl/N-ethyl adjacent to an activating group) is 1. The molecular weight excluding hydrogens is 560 g/mol. The minimum atomic E-state index is -0.434. The zero-order chi connectivity index (χ0) is 28.8. The molecule has 0 aliphatic rings. The van der Waals surface area contributed by atoms with Gasteiger partial charge in [-0.05, 0) is 41.5 Å². The number of amides is 1. The molecule has 0 saturated heterocycles. The van der Waals surface area contributed by atoms with Gasteiger partial charge in [-0.1, -0.05) is 24.3 Å². The van der Waals surface area contributed by atoms with Gasteiger partial charge in [0, 0.05) is 34.8 Å². The van der Waals surface area contributed by atoms with Crippen molar-refractivity contribution < 1.29 is 14.6 Å². The number of aliphatic hydroxyl groups is 1. The summed E-state index contributed by atoms with van der Waals surface area (Å²) in [6.07, 6.45) is 3.11. The number of rotatable bonds is 11. The molecule has 4 heterocycles. The highest BCUT2D eigenvalue weighted by atomic mass is 32.1. The molecule has 5 aromatic rings. The van der Waals surface area contributed by atoms with Gasteiger partial charge in [0.05, 0.1) is 24.5 Å². The predicted molar refractivity (Wildman–Crippen MR) is 161 cm³/mol. The average molecular weight is 587 g/mol. The van der Waals surface area contributed by atoms with E-state index in [1.54, 1.807) is 17.4 Å². The summed E-state index contributed by atoms with van der Waals surface area (Å²) in [4.78, 5) is 36.4. The van der Waals surface area contributed by atoms with E-state index in [0.29, 0.717) is 23.6 Å². The van der Waals surface area contributed by atoms with E-state index < -0.39 is 5.91 Å². The summed E-state index contributed by atoms with van der Waals surface area (Å²) < 4.78 is 5.81. The van der Waals surface area contributed by atoms with Gasteiger partial charge in [-0.15, -0.1) is 22.7 Å². The summed E-state index contributed by atoms with van der Waals surface area (Å²) in [5.74, 6) is -0.0303. The Labute approximate surface area is 243 Å². The van der Waals surface area contributed by atoms with Gasteiger partial charge in [-0.2, -0.15) is 9.97 Å². The van der Waals surface area contributed by atoms with E-state index in [2.05, 4.69) is 30.1 Å². The van der Waals surface area contributed by atoms with Crippen LogP contribution in [0.15, 0.2) is 60.6 Å².